The highest BCUT2D eigenvalue weighted by molar-refractivity contribution is 5.66. The minimum absolute atomic E-state index is 0.205. The number of ether oxygens (including phenoxy) is 1. The zero-order chi connectivity index (χ0) is 13.7. The molecule has 2 rings (SSSR count). The maximum absolute atomic E-state index is 10.6. The molecule has 0 saturated carbocycles. The summed E-state index contributed by atoms with van der Waals surface area (Å²) in [6.07, 6.45) is 4.10. The number of hydrogen-bond acceptors (Lipinski definition) is 3. The Bertz CT molecular complexity index is 439. The molecule has 0 atom stereocenters. The molecule has 0 amide bonds. The topological polar surface area (TPSA) is 49.8 Å². The van der Waals surface area contributed by atoms with E-state index in [0.717, 1.165) is 30.8 Å². The van der Waals surface area contributed by atoms with E-state index in [9.17, 15) is 4.79 Å². The molecule has 1 saturated heterocycles. The Morgan fingerprint density at radius 3 is 2.74 bits per heavy atom. The highest BCUT2D eigenvalue weighted by Gasteiger charge is 2.14. The van der Waals surface area contributed by atoms with Crippen molar-refractivity contribution in [3.8, 4) is 5.75 Å². The molecular formula is C15H21NO3. The van der Waals surface area contributed by atoms with Gasteiger partial charge in [0.05, 0.1) is 7.11 Å². The van der Waals surface area contributed by atoms with E-state index in [1.54, 1.807) is 7.11 Å². The molecule has 1 aliphatic heterocycles. The van der Waals surface area contributed by atoms with Gasteiger partial charge in [-0.2, -0.15) is 0 Å². The summed E-state index contributed by atoms with van der Waals surface area (Å²) in [5.74, 6) is 0.114. The van der Waals surface area contributed by atoms with E-state index in [1.807, 2.05) is 6.07 Å². The Kier molecular flexibility index (Phi) is 4.66. The lowest BCUT2D eigenvalue weighted by molar-refractivity contribution is -0.137. The Hall–Kier alpha value is -1.71. The summed E-state index contributed by atoms with van der Waals surface area (Å²) in [6.45, 7) is 2.22. The molecule has 104 valence electrons. The molecule has 1 fully saturated rings. The fourth-order valence-corrected chi connectivity index (χ4v) is 2.56. The van der Waals surface area contributed by atoms with Gasteiger partial charge in [0.15, 0.2) is 0 Å². The van der Waals surface area contributed by atoms with Gasteiger partial charge in [0, 0.05) is 25.2 Å². The van der Waals surface area contributed by atoms with Crippen molar-refractivity contribution in [3.05, 3.63) is 23.8 Å². The Morgan fingerprint density at radius 2 is 2.11 bits per heavy atom. The van der Waals surface area contributed by atoms with Crippen LogP contribution in [0.15, 0.2) is 18.2 Å². The van der Waals surface area contributed by atoms with Crippen LogP contribution in [0.2, 0.25) is 0 Å². The van der Waals surface area contributed by atoms with Gasteiger partial charge in [-0.15, -0.1) is 0 Å². The third-order valence-electron chi connectivity index (χ3n) is 3.57. The Labute approximate surface area is 114 Å². The molecule has 0 radical (unpaired) electrons. The smallest absolute Gasteiger partial charge is 0.303 e. The van der Waals surface area contributed by atoms with E-state index in [-0.39, 0.29) is 6.42 Å². The van der Waals surface area contributed by atoms with Crippen LogP contribution in [0.3, 0.4) is 0 Å². The maximum Gasteiger partial charge on any atom is 0.303 e. The second-order valence-electron chi connectivity index (χ2n) is 4.94. The minimum atomic E-state index is -0.741. The van der Waals surface area contributed by atoms with Crippen LogP contribution in [-0.4, -0.2) is 31.3 Å². The van der Waals surface area contributed by atoms with Gasteiger partial charge < -0.3 is 14.7 Å². The molecule has 0 unspecified atom stereocenters. The van der Waals surface area contributed by atoms with E-state index in [0.29, 0.717) is 6.42 Å². The fourth-order valence-electron chi connectivity index (χ4n) is 2.56. The number of benzene rings is 1. The molecule has 1 aliphatic rings. The van der Waals surface area contributed by atoms with Crippen LogP contribution in [0.25, 0.3) is 0 Å². The summed E-state index contributed by atoms with van der Waals surface area (Å²) < 4.78 is 5.35. The average molecular weight is 263 g/mol. The molecule has 19 heavy (non-hydrogen) atoms. The molecular weight excluding hydrogens is 242 g/mol. The van der Waals surface area contributed by atoms with E-state index >= 15 is 0 Å². The van der Waals surface area contributed by atoms with Gasteiger partial charge in [-0.25, -0.2) is 0 Å². The molecule has 1 heterocycles. The van der Waals surface area contributed by atoms with Crippen molar-refractivity contribution in [2.45, 2.75) is 32.1 Å². The summed E-state index contributed by atoms with van der Waals surface area (Å²) in [4.78, 5) is 13.0. The predicted molar refractivity (Wildman–Crippen MR) is 75.0 cm³/mol. The SMILES string of the molecule is COc1ccc(N2CCCC2)cc1CCCC(=O)O. The van der Waals surface area contributed by atoms with Crippen LogP contribution in [-0.2, 0) is 11.2 Å². The van der Waals surface area contributed by atoms with E-state index in [2.05, 4.69) is 17.0 Å². The fraction of sp³-hybridized carbons (Fsp3) is 0.533. The summed E-state index contributed by atoms with van der Waals surface area (Å²) in [5, 5.41) is 8.71. The molecule has 1 aromatic carbocycles. The predicted octanol–water partition coefficient (Wildman–Crippen LogP) is 2.70. The maximum atomic E-state index is 10.6. The number of methoxy groups -OCH3 is 1. The van der Waals surface area contributed by atoms with Crippen molar-refractivity contribution in [2.24, 2.45) is 0 Å². The first-order valence-electron chi connectivity index (χ1n) is 6.84. The van der Waals surface area contributed by atoms with E-state index in [4.69, 9.17) is 9.84 Å². The highest BCUT2D eigenvalue weighted by Crippen LogP contribution is 2.28. The van der Waals surface area contributed by atoms with Crippen molar-refractivity contribution in [1.82, 2.24) is 0 Å². The molecule has 1 N–H and O–H groups in total. The van der Waals surface area contributed by atoms with Gasteiger partial charge in [0.25, 0.3) is 0 Å². The number of aryl methyl sites for hydroxylation is 1. The van der Waals surface area contributed by atoms with Crippen LogP contribution in [0.1, 0.15) is 31.2 Å². The standard InChI is InChI=1S/C15H21NO3/c1-19-14-8-7-13(16-9-2-3-10-16)11-12(14)5-4-6-15(17)18/h7-8,11H,2-6,9-10H2,1H3,(H,17,18). The largest absolute Gasteiger partial charge is 0.496 e. The zero-order valence-electron chi connectivity index (χ0n) is 11.4. The second kappa shape index (κ2) is 6.45. The lowest BCUT2D eigenvalue weighted by Crippen LogP contribution is -2.17. The zero-order valence-corrected chi connectivity index (χ0v) is 11.4. The number of carboxylic acids is 1. The molecule has 0 bridgehead atoms. The summed E-state index contributed by atoms with van der Waals surface area (Å²) >= 11 is 0. The van der Waals surface area contributed by atoms with Crippen molar-refractivity contribution >= 4 is 11.7 Å². The van der Waals surface area contributed by atoms with Crippen LogP contribution in [0.5, 0.6) is 5.75 Å². The van der Waals surface area contributed by atoms with Gasteiger partial charge in [-0.1, -0.05) is 0 Å². The van der Waals surface area contributed by atoms with Crippen LogP contribution >= 0.6 is 0 Å². The molecule has 0 spiro atoms. The van der Waals surface area contributed by atoms with Crippen LogP contribution in [0, 0.1) is 0 Å². The minimum Gasteiger partial charge on any atom is -0.496 e. The lowest BCUT2D eigenvalue weighted by atomic mass is 10.1. The third kappa shape index (κ3) is 3.63. The number of carbonyl (C=O) groups is 1. The lowest BCUT2D eigenvalue weighted by Gasteiger charge is -2.19. The van der Waals surface area contributed by atoms with Gasteiger partial charge >= 0.3 is 5.97 Å². The number of nitrogens with zero attached hydrogens (tertiary/aromatic N) is 1. The van der Waals surface area contributed by atoms with Gasteiger partial charge in [0.1, 0.15) is 5.75 Å². The van der Waals surface area contributed by atoms with Gasteiger partial charge in [-0.05, 0) is 49.4 Å². The third-order valence-corrected chi connectivity index (χ3v) is 3.57. The monoisotopic (exact) mass is 263 g/mol. The molecule has 0 aromatic heterocycles. The second-order valence-corrected chi connectivity index (χ2v) is 4.94. The van der Waals surface area contributed by atoms with Crippen molar-refractivity contribution in [3.63, 3.8) is 0 Å². The Morgan fingerprint density at radius 1 is 1.37 bits per heavy atom. The quantitative estimate of drug-likeness (QED) is 0.857. The normalized spacial score (nSPS) is 14.7. The average Bonchev–Trinajstić information content (AvgIpc) is 2.92. The van der Waals surface area contributed by atoms with Crippen molar-refractivity contribution in [1.29, 1.82) is 0 Å². The number of aliphatic carboxylic acids is 1. The van der Waals surface area contributed by atoms with Crippen LogP contribution < -0.4 is 9.64 Å². The van der Waals surface area contributed by atoms with Crippen molar-refractivity contribution < 1.29 is 14.6 Å². The number of rotatable bonds is 6. The van der Waals surface area contributed by atoms with E-state index < -0.39 is 5.97 Å². The first kappa shape index (κ1) is 13.7. The van der Waals surface area contributed by atoms with Crippen LogP contribution in [0.4, 0.5) is 5.69 Å². The van der Waals surface area contributed by atoms with E-state index in [1.165, 1.54) is 18.5 Å². The highest BCUT2D eigenvalue weighted by atomic mass is 16.5. The van der Waals surface area contributed by atoms with Gasteiger partial charge in [0.2, 0.25) is 0 Å². The number of hydrogen-bond donors (Lipinski definition) is 1. The Balaban J connectivity index is 2.09. The summed E-state index contributed by atoms with van der Waals surface area (Å²) in [6, 6.07) is 6.22. The summed E-state index contributed by atoms with van der Waals surface area (Å²) in [7, 11) is 1.66. The molecule has 0 aliphatic carbocycles. The number of carboxylic acid groups (broad SMARTS) is 1. The first-order valence-corrected chi connectivity index (χ1v) is 6.84. The first-order chi connectivity index (χ1) is 9.20. The number of anilines is 1. The summed E-state index contributed by atoms with van der Waals surface area (Å²) in [5.41, 5.74) is 2.33. The molecule has 4 heteroatoms. The van der Waals surface area contributed by atoms with Gasteiger partial charge in [-0.3, -0.25) is 4.79 Å². The van der Waals surface area contributed by atoms with Crippen molar-refractivity contribution in [2.75, 3.05) is 25.1 Å². The molecule has 1 aromatic rings. The molecule has 4 nitrogen and oxygen atoms in total.